The first kappa shape index (κ1) is 28.5. The van der Waals surface area contributed by atoms with Crippen molar-refractivity contribution in [3.8, 4) is 11.1 Å². The van der Waals surface area contributed by atoms with Crippen molar-refractivity contribution in [1.29, 1.82) is 0 Å². The Morgan fingerprint density at radius 3 is 2.11 bits per heavy atom. The second-order valence-corrected chi connectivity index (χ2v) is 11.1. The maximum Gasteiger partial charge on any atom is 0.161 e. The van der Waals surface area contributed by atoms with Crippen LogP contribution in [-0.4, -0.2) is 12.3 Å². The number of alkyl halides is 2. The highest BCUT2D eigenvalue weighted by molar-refractivity contribution is 5.75. The Hall–Kier alpha value is -2.55. The highest BCUT2D eigenvalue weighted by Crippen LogP contribution is 2.39. The van der Waals surface area contributed by atoms with E-state index in [0.29, 0.717) is 29.0 Å². The maximum atomic E-state index is 15.1. The van der Waals surface area contributed by atoms with Crippen molar-refractivity contribution in [2.75, 3.05) is 0 Å². The van der Waals surface area contributed by atoms with E-state index in [2.05, 4.69) is 26.0 Å². The number of hydrogen-bond acceptors (Lipinski definition) is 0. The standard InChI is InChI=1S/C35H43F3/c1-3-5-6-7-8-9-11-29-20-23-32(35(38)34(29)37)28-18-16-26(17-19-28)30-21-22-31(33(36)24-30)27-14-12-25(10-4-2)13-15-27/h4,10,16-25,27,34-35H,3,5-9,11-15H2,1-2H3/b10-4+. The van der Waals surface area contributed by atoms with E-state index in [0.717, 1.165) is 61.6 Å². The summed E-state index contributed by atoms with van der Waals surface area (Å²) in [6.45, 7) is 4.25. The van der Waals surface area contributed by atoms with Crippen molar-refractivity contribution in [3.05, 3.63) is 89.3 Å². The maximum absolute atomic E-state index is 15.1. The Balaban J connectivity index is 1.39. The molecule has 0 saturated heterocycles. The Kier molecular flexibility index (Phi) is 10.5. The molecule has 4 rings (SSSR count). The minimum absolute atomic E-state index is 0.150. The van der Waals surface area contributed by atoms with Crippen LogP contribution in [0.5, 0.6) is 0 Å². The largest absolute Gasteiger partial charge is 0.239 e. The Labute approximate surface area is 227 Å². The lowest BCUT2D eigenvalue weighted by molar-refractivity contribution is 0.237. The van der Waals surface area contributed by atoms with Crippen molar-refractivity contribution >= 4 is 5.57 Å². The normalized spacial score (nSPS) is 23.9. The molecule has 2 atom stereocenters. The zero-order chi connectivity index (χ0) is 26.9. The van der Waals surface area contributed by atoms with Crippen molar-refractivity contribution in [2.24, 2.45) is 5.92 Å². The molecule has 0 bridgehead atoms. The van der Waals surface area contributed by atoms with Gasteiger partial charge in [0.05, 0.1) is 0 Å². The fourth-order valence-corrected chi connectivity index (χ4v) is 6.10. The van der Waals surface area contributed by atoms with Gasteiger partial charge in [-0.15, -0.1) is 0 Å². The molecule has 1 fully saturated rings. The van der Waals surface area contributed by atoms with Gasteiger partial charge in [0.2, 0.25) is 0 Å². The second-order valence-electron chi connectivity index (χ2n) is 11.1. The molecule has 0 nitrogen and oxygen atoms in total. The van der Waals surface area contributed by atoms with E-state index in [-0.39, 0.29) is 11.7 Å². The van der Waals surface area contributed by atoms with Gasteiger partial charge in [-0.3, -0.25) is 0 Å². The Morgan fingerprint density at radius 1 is 0.763 bits per heavy atom. The quantitative estimate of drug-likeness (QED) is 0.204. The van der Waals surface area contributed by atoms with Crippen molar-refractivity contribution < 1.29 is 13.2 Å². The first-order valence-corrected chi connectivity index (χ1v) is 14.7. The third kappa shape index (κ3) is 7.10. The zero-order valence-electron chi connectivity index (χ0n) is 23.1. The van der Waals surface area contributed by atoms with Crippen molar-refractivity contribution in [1.82, 2.24) is 0 Å². The summed E-state index contributed by atoms with van der Waals surface area (Å²) in [6, 6.07) is 12.9. The van der Waals surface area contributed by atoms with E-state index >= 15 is 8.78 Å². The molecule has 204 valence electrons. The highest BCUT2D eigenvalue weighted by atomic mass is 19.2. The lowest BCUT2D eigenvalue weighted by Crippen LogP contribution is -2.24. The molecule has 2 aromatic carbocycles. The molecule has 2 aliphatic carbocycles. The van der Waals surface area contributed by atoms with Crippen LogP contribution in [0.2, 0.25) is 0 Å². The second kappa shape index (κ2) is 14.0. The summed E-state index contributed by atoms with van der Waals surface area (Å²) < 4.78 is 45.1. The summed E-state index contributed by atoms with van der Waals surface area (Å²) in [6.07, 6.45) is 16.3. The van der Waals surface area contributed by atoms with Crippen LogP contribution in [0.3, 0.4) is 0 Å². The molecule has 2 unspecified atom stereocenters. The number of rotatable bonds is 11. The molecular formula is C35H43F3. The van der Waals surface area contributed by atoms with E-state index in [4.69, 9.17) is 0 Å². The zero-order valence-corrected chi connectivity index (χ0v) is 23.1. The molecule has 0 spiro atoms. The predicted octanol–water partition coefficient (Wildman–Crippen LogP) is 11.1. The number of benzene rings is 2. The van der Waals surface area contributed by atoms with E-state index in [1.54, 1.807) is 18.2 Å². The van der Waals surface area contributed by atoms with Gasteiger partial charge in [0, 0.05) is 0 Å². The Morgan fingerprint density at radius 2 is 1.42 bits per heavy atom. The summed E-state index contributed by atoms with van der Waals surface area (Å²) >= 11 is 0. The first-order valence-electron chi connectivity index (χ1n) is 14.7. The van der Waals surface area contributed by atoms with Crippen LogP contribution in [0, 0.1) is 11.7 Å². The number of hydrogen-bond donors (Lipinski definition) is 0. The van der Waals surface area contributed by atoms with Crippen LogP contribution < -0.4 is 0 Å². The third-order valence-electron chi connectivity index (χ3n) is 8.43. The fourth-order valence-electron chi connectivity index (χ4n) is 6.10. The smallest absolute Gasteiger partial charge is 0.161 e. The molecular weight excluding hydrogens is 477 g/mol. The molecule has 0 N–H and O–H groups in total. The molecule has 0 aliphatic heterocycles. The summed E-state index contributed by atoms with van der Waals surface area (Å²) in [5.41, 5.74) is 4.12. The van der Waals surface area contributed by atoms with Crippen LogP contribution >= 0.6 is 0 Å². The molecule has 0 amide bonds. The predicted molar refractivity (Wildman–Crippen MR) is 155 cm³/mol. The lowest BCUT2D eigenvalue weighted by Gasteiger charge is -2.27. The van der Waals surface area contributed by atoms with Gasteiger partial charge in [0.1, 0.15) is 5.82 Å². The minimum Gasteiger partial charge on any atom is -0.239 e. The van der Waals surface area contributed by atoms with Crippen LogP contribution in [-0.2, 0) is 0 Å². The summed E-state index contributed by atoms with van der Waals surface area (Å²) in [5, 5.41) is 0. The van der Waals surface area contributed by atoms with Crippen LogP contribution in [0.15, 0.2) is 72.3 Å². The lowest BCUT2D eigenvalue weighted by atomic mass is 9.78. The third-order valence-corrected chi connectivity index (χ3v) is 8.43. The summed E-state index contributed by atoms with van der Waals surface area (Å²) in [7, 11) is 0. The Bertz CT molecular complexity index is 1120. The van der Waals surface area contributed by atoms with Crippen LogP contribution in [0.25, 0.3) is 16.7 Å². The SMILES string of the molecule is C/C=C/C1CCC(c2ccc(-c3ccc(C4=CC=C(CCCCCCCC)C(F)C4F)cc3)cc2F)CC1. The van der Waals surface area contributed by atoms with Gasteiger partial charge in [0.15, 0.2) is 12.3 Å². The van der Waals surface area contributed by atoms with Gasteiger partial charge in [-0.05, 0) is 96.8 Å². The van der Waals surface area contributed by atoms with Crippen molar-refractivity contribution in [2.45, 2.75) is 103 Å². The van der Waals surface area contributed by atoms with Gasteiger partial charge in [-0.2, -0.15) is 0 Å². The summed E-state index contributed by atoms with van der Waals surface area (Å²) in [4.78, 5) is 0. The molecule has 3 heteroatoms. The molecule has 0 radical (unpaired) electrons. The van der Waals surface area contributed by atoms with Gasteiger partial charge < -0.3 is 0 Å². The van der Waals surface area contributed by atoms with E-state index in [1.807, 2.05) is 36.4 Å². The molecule has 1 saturated carbocycles. The molecule has 2 aromatic rings. The average molecular weight is 521 g/mol. The van der Waals surface area contributed by atoms with Gasteiger partial charge >= 0.3 is 0 Å². The van der Waals surface area contributed by atoms with Gasteiger partial charge in [-0.1, -0.05) is 99.7 Å². The van der Waals surface area contributed by atoms with Gasteiger partial charge in [0.25, 0.3) is 0 Å². The number of halogens is 3. The van der Waals surface area contributed by atoms with E-state index in [1.165, 1.54) is 19.3 Å². The molecule has 38 heavy (non-hydrogen) atoms. The summed E-state index contributed by atoms with van der Waals surface area (Å²) in [5.74, 6) is 0.749. The minimum atomic E-state index is -1.65. The van der Waals surface area contributed by atoms with Crippen LogP contribution in [0.1, 0.15) is 102 Å². The van der Waals surface area contributed by atoms with E-state index < -0.39 is 12.3 Å². The van der Waals surface area contributed by atoms with Gasteiger partial charge in [-0.25, -0.2) is 13.2 Å². The molecule has 0 aromatic heterocycles. The highest BCUT2D eigenvalue weighted by Gasteiger charge is 2.31. The van der Waals surface area contributed by atoms with Crippen molar-refractivity contribution in [3.63, 3.8) is 0 Å². The molecule has 0 heterocycles. The average Bonchev–Trinajstić information content (AvgIpc) is 2.94. The number of unbranched alkanes of at least 4 members (excludes halogenated alkanes) is 5. The van der Waals surface area contributed by atoms with E-state index in [9.17, 15) is 4.39 Å². The molecule has 2 aliphatic rings. The first-order chi connectivity index (χ1) is 18.5. The topological polar surface area (TPSA) is 0 Å². The number of allylic oxidation sites excluding steroid dienone is 6. The fraction of sp³-hybridized carbons (Fsp3) is 0.486. The van der Waals surface area contributed by atoms with Crippen LogP contribution in [0.4, 0.5) is 13.2 Å². The monoisotopic (exact) mass is 520 g/mol.